The summed E-state index contributed by atoms with van der Waals surface area (Å²) < 4.78 is 22.7. The first-order valence-corrected chi connectivity index (χ1v) is 9.04. The molecule has 0 spiro atoms. The summed E-state index contributed by atoms with van der Waals surface area (Å²) in [5, 5.41) is 0. The lowest BCUT2D eigenvalue weighted by Crippen LogP contribution is -2.15. The standard InChI is InChI=1S/C20H19BrO5/c1-3-24-19-11-13(10-15(21)20(19)23-2)4-6-16(22)14-5-7-17-18(12-14)26-9-8-25-17/h4-7,10-12H,3,8-9H2,1-2H3/b6-4+. The van der Waals surface area contributed by atoms with Gasteiger partial charge in [-0.1, -0.05) is 6.08 Å². The minimum Gasteiger partial charge on any atom is -0.492 e. The molecule has 26 heavy (non-hydrogen) atoms. The van der Waals surface area contributed by atoms with Gasteiger partial charge in [-0.3, -0.25) is 4.79 Å². The van der Waals surface area contributed by atoms with Gasteiger partial charge >= 0.3 is 0 Å². The Kier molecular flexibility index (Phi) is 5.83. The van der Waals surface area contributed by atoms with Crippen LogP contribution in [-0.4, -0.2) is 32.7 Å². The van der Waals surface area contributed by atoms with E-state index < -0.39 is 0 Å². The SMILES string of the molecule is CCOc1cc(/C=C/C(=O)c2ccc3c(c2)OCCO3)cc(Br)c1OC. The topological polar surface area (TPSA) is 54.0 Å². The normalized spacial score (nSPS) is 12.9. The Morgan fingerprint density at radius 2 is 1.96 bits per heavy atom. The zero-order valence-electron chi connectivity index (χ0n) is 14.6. The van der Waals surface area contributed by atoms with Crippen molar-refractivity contribution in [1.29, 1.82) is 0 Å². The van der Waals surface area contributed by atoms with E-state index in [0.29, 0.717) is 48.4 Å². The molecular formula is C20H19BrO5. The second kappa shape index (κ2) is 8.27. The molecule has 0 N–H and O–H groups in total. The summed E-state index contributed by atoms with van der Waals surface area (Å²) >= 11 is 3.47. The van der Waals surface area contributed by atoms with Gasteiger partial charge in [-0.2, -0.15) is 0 Å². The van der Waals surface area contributed by atoms with E-state index in [-0.39, 0.29) is 5.78 Å². The van der Waals surface area contributed by atoms with Crippen LogP contribution in [0.1, 0.15) is 22.8 Å². The third kappa shape index (κ3) is 4.02. The van der Waals surface area contributed by atoms with Crippen LogP contribution in [0.4, 0.5) is 0 Å². The molecule has 3 rings (SSSR count). The lowest BCUT2D eigenvalue weighted by atomic mass is 10.1. The largest absolute Gasteiger partial charge is 0.492 e. The third-order valence-corrected chi connectivity index (χ3v) is 4.38. The number of allylic oxidation sites excluding steroid dienone is 1. The predicted molar refractivity (Wildman–Crippen MR) is 103 cm³/mol. The number of ether oxygens (including phenoxy) is 4. The van der Waals surface area contributed by atoms with E-state index in [4.69, 9.17) is 18.9 Å². The van der Waals surface area contributed by atoms with Gasteiger partial charge in [0, 0.05) is 5.56 Å². The molecular weight excluding hydrogens is 400 g/mol. The smallest absolute Gasteiger partial charge is 0.185 e. The van der Waals surface area contributed by atoms with Crippen LogP contribution in [0.2, 0.25) is 0 Å². The molecule has 0 radical (unpaired) electrons. The first-order chi connectivity index (χ1) is 12.6. The summed E-state index contributed by atoms with van der Waals surface area (Å²) in [4.78, 5) is 12.5. The van der Waals surface area contributed by atoms with Crippen molar-refractivity contribution < 1.29 is 23.7 Å². The molecule has 0 saturated heterocycles. The number of hydrogen-bond donors (Lipinski definition) is 0. The van der Waals surface area contributed by atoms with Crippen LogP contribution in [0.5, 0.6) is 23.0 Å². The fraction of sp³-hybridized carbons (Fsp3) is 0.250. The van der Waals surface area contributed by atoms with E-state index in [9.17, 15) is 4.79 Å². The van der Waals surface area contributed by atoms with Crippen molar-refractivity contribution >= 4 is 27.8 Å². The van der Waals surface area contributed by atoms with Crippen molar-refractivity contribution in [3.05, 3.63) is 52.0 Å². The minimum atomic E-state index is -0.119. The van der Waals surface area contributed by atoms with Gasteiger partial charge in [-0.15, -0.1) is 0 Å². The van der Waals surface area contributed by atoms with Crippen molar-refractivity contribution in [3.63, 3.8) is 0 Å². The Hall–Kier alpha value is -2.47. The highest BCUT2D eigenvalue weighted by molar-refractivity contribution is 9.10. The summed E-state index contributed by atoms with van der Waals surface area (Å²) in [5.41, 5.74) is 1.37. The lowest BCUT2D eigenvalue weighted by Gasteiger charge is -2.18. The van der Waals surface area contributed by atoms with E-state index in [1.165, 1.54) is 6.08 Å². The Balaban J connectivity index is 1.82. The molecule has 1 aliphatic rings. The second-order valence-electron chi connectivity index (χ2n) is 5.52. The molecule has 0 fully saturated rings. The number of carbonyl (C=O) groups excluding carboxylic acids is 1. The van der Waals surface area contributed by atoms with Gasteiger partial charge in [0.2, 0.25) is 0 Å². The van der Waals surface area contributed by atoms with Gasteiger partial charge in [0.15, 0.2) is 28.8 Å². The summed E-state index contributed by atoms with van der Waals surface area (Å²) in [5.74, 6) is 2.39. The van der Waals surface area contributed by atoms with Crippen molar-refractivity contribution in [2.45, 2.75) is 6.92 Å². The molecule has 2 aromatic rings. The van der Waals surface area contributed by atoms with Gasteiger partial charge in [0.05, 0.1) is 18.2 Å². The average molecular weight is 419 g/mol. The molecule has 0 saturated carbocycles. The van der Waals surface area contributed by atoms with Crippen molar-refractivity contribution in [3.8, 4) is 23.0 Å². The fourth-order valence-electron chi connectivity index (χ4n) is 2.61. The van der Waals surface area contributed by atoms with E-state index in [0.717, 1.165) is 10.0 Å². The molecule has 0 amide bonds. The molecule has 136 valence electrons. The van der Waals surface area contributed by atoms with E-state index >= 15 is 0 Å². The number of hydrogen-bond acceptors (Lipinski definition) is 5. The Bertz CT molecular complexity index is 844. The summed E-state index contributed by atoms with van der Waals surface area (Å²) in [6.07, 6.45) is 3.27. The zero-order chi connectivity index (χ0) is 18.5. The Labute approximate surface area is 160 Å². The number of benzene rings is 2. The van der Waals surface area contributed by atoms with Crippen LogP contribution in [0.25, 0.3) is 6.08 Å². The van der Waals surface area contributed by atoms with Crippen LogP contribution in [0.3, 0.4) is 0 Å². The predicted octanol–water partition coefficient (Wildman–Crippen LogP) is 4.52. The molecule has 1 heterocycles. The molecule has 6 heteroatoms. The summed E-state index contributed by atoms with van der Waals surface area (Å²) in [6, 6.07) is 8.90. The number of fused-ring (bicyclic) bond motifs is 1. The zero-order valence-corrected chi connectivity index (χ0v) is 16.2. The number of ketones is 1. The molecule has 0 aromatic heterocycles. The molecule has 0 atom stereocenters. The molecule has 1 aliphatic heterocycles. The van der Waals surface area contributed by atoms with Crippen LogP contribution in [0.15, 0.2) is 40.9 Å². The first kappa shape index (κ1) is 18.3. The van der Waals surface area contributed by atoms with Crippen LogP contribution >= 0.6 is 15.9 Å². The van der Waals surface area contributed by atoms with Crippen molar-refractivity contribution in [2.24, 2.45) is 0 Å². The number of methoxy groups -OCH3 is 1. The quantitative estimate of drug-likeness (QED) is 0.509. The van der Waals surface area contributed by atoms with Gasteiger partial charge in [-0.25, -0.2) is 0 Å². The molecule has 0 aliphatic carbocycles. The minimum absolute atomic E-state index is 0.119. The van der Waals surface area contributed by atoms with Gasteiger partial charge in [-0.05, 0) is 64.8 Å². The Morgan fingerprint density at radius 3 is 2.69 bits per heavy atom. The maximum Gasteiger partial charge on any atom is 0.185 e. The summed E-state index contributed by atoms with van der Waals surface area (Å²) in [6.45, 7) is 3.43. The molecule has 0 bridgehead atoms. The second-order valence-corrected chi connectivity index (χ2v) is 6.38. The highest BCUT2D eigenvalue weighted by Crippen LogP contribution is 2.37. The van der Waals surface area contributed by atoms with Crippen LogP contribution < -0.4 is 18.9 Å². The van der Waals surface area contributed by atoms with Crippen LogP contribution in [0, 0.1) is 0 Å². The van der Waals surface area contributed by atoms with Gasteiger partial charge in [0.25, 0.3) is 0 Å². The van der Waals surface area contributed by atoms with Crippen molar-refractivity contribution in [2.75, 3.05) is 26.9 Å². The number of halogens is 1. The summed E-state index contributed by atoms with van der Waals surface area (Å²) in [7, 11) is 1.59. The highest BCUT2D eigenvalue weighted by atomic mass is 79.9. The number of rotatable bonds is 6. The maximum atomic E-state index is 12.5. The third-order valence-electron chi connectivity index (χ3n) is 3.79. The Morgan fingerprint density at radius 1 is 1.19 bits per heavy atom. The monoisotopic (exact) mass is 418 g/mol. The highest BCUT2D eigenvalue weighted by Gasteiger charge is 2.14. The maximum absolute atomic E-state index is 12.5. The van der Waals surface area contributed by atoms with E-state index in [1.54, 1.807) is 31.4 Å². The molecule has 0 unspecified atom stereocenters. The molecule has 2 aromatic carbocycles. The van der Waals surface area contributed by atoms with Crippen LogP contribution in [-0.2, 0) is 0 Å². The first-order valence-electron chi connectivity index (χ1n) is 8.24. The van der Waals surface area contributed by atoms with Gasteiger partial charge < -0.3 is 18.9 Å². The van der Waals surface area contributed by atoms with E-state index in [1.807, 2.05) is 19.1 Å². The van der Waals surface area contributed by atoms with E-state index in [2.05, 4.69) is 15.9 Å². The average Bonchev–Trinajstić information content (AvgIpc) is 2.66. The molecule has 5 nitrogen and oxygen atoms in total. The number of carbonyl (C=O) groups is 1. The van der Waals surface area contributed by atoms with Crippen molar-refractivity contribution in [1.82, 2.24) is 0 Å². The fourth-order valence-corrected chi connectivity index (χ4v) is 3.23. The van der Waals surface area contributed by atoms with Gasteiger partial charge in [0.1, 0.15) is 13.2 Å². The lowest BCUT2D eigenvalue weighted by molar-refractivity contribution is 0.104.